The highest BCUT2D eigenvalue weighted by molar-refractivity contribution is 7.08. The maximum Gasteiger partial charge on any atom is 0.338 e. The van der Waals surface area contributed by atoms with Crippen LogP contribution in [0.1, 0.15) is 32.4 Å². The van der Waals surface area contributed by atoms with Crippen molar-refractivity contribution >= 4 is 23.3 Å². The Balaban J connectivity index is 2.47. The third-order valence-electron chi connectivity index (χ3n) is 3.28. The van der Waals surface area contributed by atoms with Crippen molar-refractivity contribution in [2.24, 2.45) is 0 Å². The molecule has 20 heavy (non-hydrogen) atoms. The van der Waals surface area contributed by atoms with Gasteiger partial charge in [-0.25, -0.2) is 9.59 Å². The number of allylic oxidation sites excluding steroid dienone is 1. The minimum atomic E-state index is -0.435. The van der Waals surface area contributed by atoms with E-state index in [-0.39, 0.29) is 12.0 Å². The second kappa shape index (κ2) is 6.09. The zero-order valence-electron chi connectivity index (χ0n) is 11.8. The van der Waals surface area contributed by atoms with Crippen molar-refractivity contribution in [3.63, 3.8) is 0 Å². The molecule has 1 N–H and O–H groups in total. The molecule has 1 atom stereocenters. The number of hydrogen-bond acceptors (Lipinski definition) is 4. The molecule has 2 rings (SSSR count). The lowest BCUT2D eigenvalue weighted by Crippen LogP contribution is -2.47. The molecule has 0 aromatic carbocycles. The minimum absolute atomic E-state index is 0.186. The van der Waals surface area contributed by atoms with Gasteiger partial charge in [0.05, 0.1) is 18.2 Å². The first-order chi connectivity index (χ1) is 9.60. The summed E-state index contributed by atoms with van der Waals surface area (Å²) in [5, 5.41) is 6.73. The summed E-state index contributed by atoms with van der Waals surface area (Å²) in [7, 11) is 0. The van der Waals surface area contributed by atoms with Crippen molar-refractivity contribution in [1.82, 2.24) is 10.2 Å². The molecule has 0 aliphatic carbocycles. The molecule has 5 nitrogen and oxygen atoms in total. The second-order valence-electron chi connectivity index (χ2n) is 4.40. The molecule has 1 aliphatic heterocycles. The number of hydrogen-bond donors (Lipinski definition) is 1. The number of ether oxygens (including phenoxy) is 1. The van der Waals surface area contributed by atoms with E-state index in [1.807, 2.05) is 23.8 Å². The first kappa shape index (κ1) is 14.6. The average molecular weight is 294 g/mol. The highest BCUT2D eigenvalue weighted by Gasteiger charge is 2.35. The van der Waals surface area contributed by atoms with Gasteiger partial charge in [0, 0.05) is 12.2 Å². The van der Waals surface area contributed by atoms with E-state index in [0.717, 1.165) is 5.56 Å². The first-order valence-corrected chi connectivity index (χ1v) is 7.52. The van der Waals surface area contributed by atoms with E-state index in [0.29, 0.717) is 24.4 Å². The monoisotopic (exact) mass is 294 g/mol. The first-order valence-electron chi connectivity index (χ1n) is 6.58. The van der Waals surface area contributed by atoms with Crippen molar-refractivity contribution in [3.05, 3.63) is 33.7 Å². The van der Waals surface area contributed by atoms with E-state index in [1.54, 1.807) is 18.7 Å². The lowest BCUT2D eigenvalue weighted by atomic mass is 9.97. The molecule has 0 bridgehead atoms. The van der Waals surface area contributed by atoms with E-state index in [1.165, 1.54) is 11.3 Å². The van der Waals surface area contributed by atoms with Crippen LogP contribution < -0.4 is 5.32 Å². The second-order valence-corrected chi connectivity index (χ2v) is 5.18. The van der Waals surface area contributed by atoms with Crippen molar-refractivity contribution in [1.29, 1.82) is 0 Å². The summed E-state index contributed by atoms with van der Waals surface area (Å²) in [4.78, 5) is 25.9. The van der Waals surface area contributed by atoms with Crippen LogP contribution in [0, 0.1) is 0 Å². The smallest absolute Gasteiger partial charge is 0.338 e. The molecule has 0 saturated carbocycles. The molecule has 0 saturated heterocycles. The van der Waals surface area contributed by atoms with Gasteiger partial charge in [0.25, 0.3) is 0 Å². The lowest BCUT2D eigenvalue weighted by Gasteiger charge is -2.34. The van der Waals surface area contributed by atoms with Gasteiger partial charge >= 0.3 is 12.0 Å². The van der Waals surface area contributed by atoms with Crippen LogP contribution in [0.3, 0.4) is 0 Å². The number of rotatable bonds is 4. The maximum atomic E-state index is 12.2. The summed E-state index contributed by atoms with van der Waals surface area (Å²) in [6.45, 7) is 6.25. The van der Waals surface area contributed by atoms with Gasteiger partial charge in [-0.05, 0) is 43.2 Å². The van der Waals surface area contributed by atoms with E-state index in [2.05, 4.69) is 5.32 Å². The Hall–Kier alpha value is -1.82. The van der Waals surface area contributed by atoms with Crippen LogP contribution in [0.2, 0.25) is 0 Å². The van der Waals surface area contributed by atoms with E-state index < -0.39 is 6.04 Å². The van der Waals surface area contributed by atoms with Gasteiger partial charge in [-0.2, -0.15) is 11.3 Å². The summed E-state index contributed by atoms with van der Waals surface area (Å²) < 4.78 is 5.14. The zero-order chi connectivity index (χ0) is 14.7. The third-order valence-corrected chi connectivity index (χ3v) is 3.99. The molecule has 2 amide bonds. The molecule has 1 aromatic rings. The summed E-state index contributed by atoms with van der Waals surface area (Å²) in [6.07, 6.45) is 0. The van der Waals surface area contributed by atoms with Crippen LogP contribution in [0.5, 0.6) is 0 Å². The number of carbonyl (C=O) groups excluding carboxylic acids is 2. The van der Waals surface area contributed by atoms with Crippen LogP contribution >= 0.6 is 11.3 Å². The fourth-order valence-electron chi connectivity index (χ4n) is 2.32. The van der Waals surface area contributed by atoms with Crippen LogP contribution in [-0.4, -0.2) is 30.1 Å². The molecule has 0 fully saturated rings. The van der Waals surface area contributed by atoms with Crippen molar-refractivity contribution in [2.45, 2.75) is 26.8 Å². The van der Waals surface area contributed by atoms with Gasteiger partial charge in [0.2, 0.25) is 0 Å². The number of carbonyl (C=O) groups is 2. The molecule has 2 heterocycles. The molecule has 6 heteroatoms. The molecule has 0 spiro atoms. The van der Waals surface area contributed by atoms with Crippen LogP contribution in [0.15, 0.2) is 28.1 Å². The van der Waals surface area contributed by atoms with Crippen LogP contribution in [0.25, 0.3) is 0 Å². The van der Waals surface area contributed by atoms with Crippen LogP contribution in [-0.2, 0) is 9.53 Å². The summed E-state index contributed by atoms with van der Waals surface area (Å²) >= 11 is 1.53. The van der Waals surface area contributed by atoms with Crippen molar-refractivity contribution in [3.8, 4) is 0 Å². The Labute approximate surface area is 122 Å². The topological polar surface area (TPSA) is 58.6 Å². The predicted octanol–water partition coefficient (Wildman–Crippen LogP) is 2.67. The number of thiophene rings is 1. The van der Waals surface area contributed by atoms with Gasteiger partial charge in [0.15, 0.2) is 0 Å². The van der Waals surface area contributed by atoms with Crippen molar-refractivity contribution in [2.75, 3.05) is 13.2 Å². The number of nitrogens with zero attached hydrogens (tertiary/aromatic N) is 1. The normalized spacial score (nSPS) is 19.1. The Bertz CT molecular complexity index is 537. The van der Waals surface area contributed by atoms with Crippen molar-refractivity contribution < 1.29 is 14.3 Å². The van der Waals surface area contributed by atoms with Gasteiger partial charge in [0.1, 0.15) is 0 Å². The maximum absolute atomic E-state index is 12.2. The Morgan fingerprint density at radius 1 is 1.50 bits per heavy atom. The average Bonchev–Trinajstić information content (AvgIpc) is 2.92. The summed E-state index contributed by atoms with van der Waals surface area (Å²) in [5.74, 6) is -0.375. The molecule has 1 aromatic heterocycles. The molecule has 1 aliphatic rings. The highest BCUT2D eigenvalue weighted by Crippen LogP contribution is 2.32. The quantitative estimate of drug-likeness (QED) is 0.869. The fraction of sp³-hybridized carbons (Fsp3) is 0.429. The number of nitrogens with one attached hydrogen (secondary N) is 1. The molecule has 1 unspecified atom stereocenters. The number of amides is 2. The third kappa shape index (κ3) is 2.56. The van der Waals surface area contributed by atoms with Crippen LogP contribution in [0.4, 0.5) is 4.79 Å². The van der Waals surface area contributed by atoms with Gasteiger partial charge in [-0.3, -0.25) is 4.90 Å². The predicted molar refractivity (Wildman–Crippen MR) is 77.3 cm³/mol. The summed E-state index contributed by atoms with van der Waals surface area (Å²) in [6, 6.07) is 1.29. The summed E-state index contributed by atoms with van der Waals surface area (Å²) in [5.41, 5.74) is 2.07. The van der Waals surface area contributed by atoms with Gasteiger partial charge in [-0.1, -0.05) is 0 Å². The number of urea groups is 1. The van der Waals surface area contributed by atoms with Gasteiger partial charge < -0.3 is 10.1 Å². The van der Waals surface area contributed by atoms with Gasteiger partial charge in [-0.15, -0.1) is 0 Å². The Kier molecular flexibility index (Phi) is 4.44. The largest absolute Gasteiger partial charge is 0.463 e. The lowest BCUT2D eigenvalue weighted by molar-refractivity contribution is -0.139. The SMILES string of the molecule is CCOC(=O)C1=C(C)N(CC)C(=O)NC1c1ccsc1. The minimum Gasteiger partial charge on any atom is -0.463 e. The molecular weight excluding hydrogens is 276 g/mol. The molecule has 108 valence electrons. The standard InChI is InChI=1S/C14H18N2O3S/c1-4-16-9(3)11(13(17)19-5-2)12(15-14(16)18)10-6-7-20-8-10/h6-8,12H,4-5H2,1-3H3,(H,15,18). The Morgan fingerprint density at radius 3 is 2.80 bits per heavy atom. The van der Waals surface area contributed by atoms with E-state index in [4.69, 9.17) is 4.74 Å². The number of esters is 1. The Morgan fingerprint density at radius 2 is 2.25 bits per heavy atom. The zero-order valence-corrected chi connectivity index (χ0v) is 12.6. The fourth-order valence-corrected chi connectivity index (χ4v) is 3.01. The van der Waals surface area contributed by atoms with E-state index in [9.17, 15) is 9.59 Å². The molecule has 0 radical (unpaired) electrons. The van der Waals surface area contributed by atoms with E-state index >= 15 is 0 Å². The molecular formula is C14H18N2O3S. The highest BCUT2D eigenvalue weighted by atomic mass is 32.1.